The SMILES string of the molecule is c1ccc(-c2ccc(-c3c4ccccc4c(-c4cccc5c4ccc4ccccc45)c4ccccc34)c3c2oc2ccc4ccccc4c23)cc1. The number of hydrogen-bond donors (Lipinski definition) is 0. The second kappa shape index (κ2) is 10.9. The Balaban J connectivity index is 1.31. The van der Waals surface area contributed by atoms with Crippen LogP contribution in [-0.2, 0) is 0 Å². The van der Waals surface area contributed by atoms with Crippen molar-refractivity contribution in [3.63, 3.8) is 0 Å². The van der Waals surface area contributed by atoms with Gasteiger partial charge in [-0.05, 0) is 93.8 Å². The van der Waals surface area contributed by atoms with Crippen LogP contribution in [0.2, 0.25) is 0 Å². The number of hydrogen-bond acceptors (Lipinski definition) is 1. The van der Waals surface area contributed by atoms with Crippen LogP contribution in [0.5, 0.6) is 0 Å². The molecule has 0 amide bonds. The summed E-state index contributed by atoms with van der Waals surface area (Å²) in [6.45, 7) is 0. The molecule has 0 saturated heterocycles. The maximum Gasteiger partial charge on any atom is 0.143 e. The van der Waals surface area contributed by atoms with Gasteiger partial charge in [-0.1, -0.05) is 170 Å². The lowest BCUT2D eigenvalue weighted by Gasteiger charge is -2.20. The van der Waals surface area contributed by atoms with Gasteiger partial charge in [-0.25, -0.2) is 0 Å². The van der Waals surface area contributed by atoms with Crippen LogP contribution in [0.25, 0.3) is 109 Å². The molecule has 0 N–H and O–H groups in total. The Morgan fingerprint density at radius 2 is 0.804 bits per heavy atom. The monoisotopic (exact) mass is 646 g/mol. The van der Waals surface area contributed by atoms with Crippen molar-refractivity contribution < 1.29 is 4.42 Å². The molecule has 0 saturated carbocycles. The van der Waals surface area contributed by atoms with Crippen molar-refractivity contribution in [2.75, 3.05) is 0 Å². The fourth-order valence-electron chi connectivity index (χ4n) is 8.66. The van der Waals surface area contributed by atoms with Gasteiger partial charge in [0.2, 0.25) is 0 Å². The summed E-state index contributed by atoms with van der Waals surface area (Å²) in [5, 5.41) is 14.7. The molecule has 1 nitrogen and oxygen atoms in total. The van der Waals surface area contributed by atoms with Crippen molar-refractivity contribution >= 4 is 75.8 Å². The van der Waals surface area contributed by atoms with Crippen LogP contribution in [0.4, 0.5) is 0 Å². The Morgan fingerprint density at radius 1 is 0.275 bits per heavy atom. The van der Waals surface area contributed by atoms with E-state index in [1.807, 2.05) is 0 Å². The maximum atomic E-state index is 6.91. The topological polar surface area (TPSA) is 13.1 Å². The minimum Gasteiger partial charge on any atom is -0.455 e. The van der Waals surface area contributed by atoms with E-state index in [1.165, 1.54) is 76.1 Å². The summed E-state index contributed by atoms with van der Waals surface area (Å²) < 4.78 is 6.91. The number of rotatable bonds is 3. The molecule has 51 heavy (non-hydrogen) atoms. The van der Waals surface area contributed by atoms with E-state index >= 15 is 0 Å². The van der Waals surface area contributed by atoms with Crippen LogP contribution in [0.15, 0.2) is 186 Å². The smallest absolute Gasteiger partial charge is 0.143 e. The Kier molecular flexibility index (Phi) is 6.02. The molecule has 0 spiro atoms. The minimum atomic E-state index is 0.904. The van der Waals surface area contributed by atoms with E-state index < -0.39 is 0 Å². The quantitative estimate of drug-likeness (QED) is 0.138. The van der Waals surface area contributed by atoms with Gasteiger partial charge < -0.3 is 4.42 Å². The Hall–Kier alpha value is -6.70. The largest absolute Gasteiger partial charge is 0.455 e. The molecular formula is C50H30O. The second-order valence-corrected chi connectivity index (χ2v) is 13.5. The number of furan rings is 1. The van der Waals surface area contributed by atoms with Crippen LogP contribution in [0.1, 0.15) is 0 Å². The van der Waals surface area contributed by atoms with Crippen molar-refractivity contribution in [1.29, 1.82) is 0 Å². The Bertz CT molecular complexity index is 3130. The van der Waals surface area contributed by atoms with Crippen molar-refractivity contribution in [3.8, 4) is 33.4 Å². The van der Waals surface area contributed by atoms with E-state index in [0.717, 1.165) is 33.1 Å². The van der Waals surface area contributed by atoms with Gasteiger partial charge in [0.1, 0.15) is 11.2 Å². The molecule has 10 aromatic carbocycles. The molecule has 1 aromatic heterocycles. The van der Waals surface area contributed by atoms with Crippen LogP contribution in [-0.4, -0.2) is 0 Å². The highest BCUT2D eigenvalue weighted by atomic mass is 16.3. The van der Waals surface area contributed by atoms with E-state index in [2.05, 4.69) is 182 Å². The zero-order valence-corrected chi connectivity index (χ0v) is 27.7. The normalized spacial score (nSPS) is 11.9. The second-order valence-electron chi connectivity index (χ2n) is 13.5. The molecule has 0 aliphatic rings. The standard InChI is InChI=1S/C50H30O/c1-2-13-31(14-3-1)36-28-29-44(49-48-35-18-7-5-16-33(35)26-30-45(48)51-50(36)49)47-42-21-10-8-19-40(42)46(41-20-9-11-22-43(41)47)39-24-12-23-37-34-17-6-4-15-32(34)25-27-38(37)39/h1-30H. The summed E-state index contributed by atoms with van der Waals surface area (Å²) in [5.74, 6) is 0. The molecular weight excluding hydrogens is 617 g/mol. The van der Waals surface area contributed by atoms with E-state index in [1.54, 1.807) is 0 Å². The highest BCUT2D eigenvalue weighted by molar-refractivity contribution is 6.30. The van der Waals surface area contributed by atoms with Crippen molar-refractivity contribution in [1.82, 2.24) is 0 Å². The number of benzene rings is 10. The first-order valence-electron chi connectivity index (χ1n) is 17.6. The average molecular weight is 647 g/mol. The highest BCUT2D eigenvalue weighted by Gasteiger charge is 2.23. The van der Waals surface area contributed by atoms with Gasteiger partial charge in [-0.15, -0.1) is 0 Å². The highest BCUT2D eigenvalue weighted by Crippen LogP contribution is 2.50. The predicted octanol–water partition coefficient (Wildman–Crippen LogP) is 14.4. The molecule has 0 aliphatic heterocycles. The van der Waals surface area contributed by atoms with Crippen LogP contribution in [0.3, 0.4) is 0 Å². The average Bonchev–Trinajstić information content (AvgIpc) is 3.60. The zero-order valence-electron chi connectivity index (χ0n) is 27.7. The van der Waals surface area contributed by atoms with Gasteiger partial charge in [0.25, 0.3) is 0 Å². The summed E-state index contributed by atoms with van der Waals surface area (Å²) in [4.78, 5) is 0. The lowest BCUT2D eigenvalue weighted by Crippen LogP contribution is -1.93. The number of fused-ring (bicyclic) bond motifs is 10. The first-order chi connectivity index (χ1) is 25.3. The fraction of sp³-hybridized carbons (Fsp3) is 0. The lowest BCUT2D eigenvalue weighted by atomic mass is 9.83. The first kappa shape index (κ1) is 28.2. The molecule has 1 heterocycles. The lowest BCUT2D eigenvalue weighted by molar-refractivity contribution is 0.670. The molecule has 11 aromatic rings. The maximum absolute atomic E-state index is 6.91. The van der Waals surface area contributed by atoms with Crippen LogP contribution in [0, 0.1) is 0 Å². The van der Waals surface area contributed by atoms with Crippen molar-refractivity contribution in [2.45, 2.75) is 0 Å². The third-order valence-electron chi connectivity index (χ3n) is 10.9. The third-order valence-corrected chi connectivity index (χ3v) is 10.9. The van der Waals surface area contributed by atoms with Gasteiger partial charge in [0.15, 0.2) is 0 Å². The van der Waals surface area contributed by atoms with Crippen LogP contribution < -0.4 is 0 Å². The minimum absolute atomic E-state index is 0.904. The molecule has 0 atom stereocenters. The van der Waals surface area contributed by atoms with Gasteiger partial charge in [-0.3, -0.25) is 0 Å². The van der Waals surface area contributed by atoms with E-state index in [9.17, 15) is 0 Å². The Morgan fingerprint density at radius 3 is 1.51 bits per heavy atom. The van der Waals surface area contributed by atoms with E-state index in [-0.39, 0.29) is 0 Å². The Labute approximate surface area is 294 Å². The molecule has 1 heteroatoms. The van der Waals surface area contributed by atoms with Gasteiger partial charge >= 0.3 is 0 Å². The predicted molar refractivity (Wildman–Crippen MR) is 218 cm³/mol. The molecule has 0 unspecified atom stereocenters. The van der Waals surface area contributed by atoms with Gasteiger partial charge in [0, 0.05) is 16.3 Å². The van der Waals surface area contributed by atoms with Crippen molar-refractivity contribution in [2.24, 2.45) is 0 Å². The third kappa shape index (κ3) is 4.09. The molecule has 11 rings (SSSR count). The van der Waals surface area contributed by atoms with Gasteiger partial charge in [-0.2, -0.15) is 0 Å². The first-order valence-corrected chi connectivity index (χ1v) is 17.6. The summed E-state index contributed by atoms with van der Waals surface area (Å²) in [6, 6.07) is 66.2. The molecule has 0 bridgehead atoms. The summed E-state index contributed by atoms with van der Waals surface area (Å²) in [6.07, 6.45) is 0. The van der Waals surface area contributed by atoms with Crippen molar-refractivity contribution in [3.05, 3.63) is 182 Å². The van der Waals surface area contributed by atoms with Gasteiger partial charge in [0.05, 0.1) is 0 Å². The summed E-state index contributed by atoms with van der Waals surface area (Å²) in [5.41, 5.74) is 9.00. The fourth-order valence-corrected chi connectivity index (χ4v) is 8.66. The van der Waals surface area contributed by atoms with E-state index in [4.69, 9.17) is 4.42 Å². The summed E-state index contributed by atoms with van der Waals surface area (Å²) in [7, 11) is 0. The summed E-state index contributed by atoms with van der Waals surface area (Å²) >= 11 is 0. The van der Waals surface area contributed by atoms with E-state index in [0.29, 0.717) is 0 Å². The molecule has 0 aliphatic carbocycles. The molecule has 0 fully saturated rings. The molecule has 236 valence electrons. The zero-order chi connectivity index (χ0) is 33.5. The molecule has 0 radical (unpaired) electrons. The van der Waals surface area contributed by atoms with Crippen LogP contribution >= 0.6 is 0 Å².